The summed E-state index contributed by atoms with van der Waals surface area (Å²) in [7, 11) is 1.50. The van der Waals surface area contributed by atoms with E-state index in [1.54, 1.807) is 4.90 Å². The molecule has 1 amide bonds. The number of hydrogen-bond donors (Lipinski definition) is 0. The average Bonchev–Trinajstić information content (AvgIpc) is 3.12. The number of aromatic nitrogens is 4. The van der Waals surface area contributed by atoms with Gasteiger partial charge in [-0.05, 0) is 30.9 Å². The Bertz CT molecular complexity index is 1150. The van der Waals surface area contributed by atoms with Crippen LogP contribution in [0.2, 0.25) is 0 Å². The summed E-state index contributed by atoms with van der Waals surface area (Å²) in [6.07, 6.45) is 1.17. The highest BCUT2D eigenvalue weighted by molar-refractivity contribution is 5.95. The van der Waals surface area contributed by atoms with Gasteiger partial charge in [-0.1, -0.05) is 0 Å². The number of rotatable bonds is 4. The van der Waals surface area contributed by atoms with Crippen molar-refractivity contribution in [2.45, 2.75) is 25.8 Å². The lowest BCUT2D eigenvalue weighted by molar-refractivity contribution is 0.0671. The Morgan fingerprint density at radius 3 is 2.70 bits per heavy atom. The predicted octanol–water partition coefficient (Wildman–Crippen LogP) is 2.76. The van der Waals surface area contributed by atoms with Gasteiger partial charge in [0.05, 0.1) is 22.8 Å². The highest BCUT2D eigenvalue weighted by Gasteiger charge is 2.29. The van der Waals surface area contributed by atoms with Crippen LogP contribution in [0, 0.1) is 11.7 Å². The third-order valence-corrected chi connectivity index (χ3v) is 5.44. The predicted molar refractivity (Wildman–Crippen MR) is 103 cm³/mol. The summed E-state index contributed by atoms with van der Waals surface area (Å²) < 4.78 is 42.3. The van der Waals surface area contributed by atoms with Crippen LogP contribution in [0.25, 0.3) is 10.9 Å². The molecule has 1 aromatic carbocycles. The lowest BCUT2D eigenvalue weighted by Crippen LogP contribution is -2.40. The number of carbonyl (C=O) groups is 1. The Morgan fingerprint density at radius 1 is 1.27 bits per heavy atom. The number of fused-ring (bicyclic) bond motifs is 1. The van der Waals surface area contributed by atoms with E-state index in [-0.39, 0.29) is 17.0 Å². The van der Waals surface area contributed by atoms with Gasteiger partial charge in [0.15, 0.2) is 0 Å². The maximum Gasteiger partial charge on any atom is 0.282 e. The number of aryl methyl sites for hydroxylation is 1. The van der Waals surface area contributed by atoms with Crippen LogP contribution in [0.15, 0.2) is 35.5 Å². The minimum Gasteiger partial charge on any atom is -0.339 e. The number of likely N-dealkylation sites (tertiary alicyclic amines) is 1. The molecule has 158 valence electrons. The summed E-state index contributed by atoms with van der Waals surface area (Å²) in [6.45, 7) is 1.24. The molecule has 1 aliphatic heterocycles. The molecule has 0 aliphatic carbocycles. The molecule has 0 N–H and O–H groups in total. The number of piperidine rings is 1. The number of hydrogen-bond acceptors (Lipinski definition) is 4. The second-order valence-corrected chi connectivity index (χ2v) is 7.50. The molecule has 3 heterocycles. The van der Waals surface area contributed by atoms with Gasteiger partial charge >= 0.3 is 0 Å². The molecule has 7 nitrogen and oxygen atoms in total. The Hall–Kier alpha value is -3.17. The van der Waals surface area contributed by atoms with Gasteiger partial charge in [0.25, 0.3) is 17.9 Å². The van der Waals surface area contributed by atoms with Crippen LogP contribution in [0.3, 0.4) is 0 Å². The summed E-state index contributed by atoms with van der Waals surface area (Å²) in [5.74, 6) is -0.772. The van der Waals surface area contributed by atoms with Crippen LogP contribution < -0.4 is 5.56 Å². The van der Waals surface area contributed by atoms with E-state index >= 15 is 0 Å². The SMILES string of the molecule is Cn1cc(C(=O)N2CCC(Cn3cnc4cc(F)ccc4c3=O)CC2)c(C(F)F)n1. The molecule has 30 heavy (non-hydrogen) atoms. The molecule has 0 atom stereocenters. The van der Waals surface area contributed by atoms with E-state index in [4.69, 9.17) is 0 Å². The molecule has 0 radical (unpaired) electrons. The fourth-order valence-electron chi connectivity index (χ4n) is 3.86. The highest BCUT2D eigenvalue weighted by Crippen LogP contribution is 2.25. The van der Waals surface area contributed by atoms with E-state index in [1.807, 2.05) is 0 Å². The highest BCUT2D eigenvalue weighted by atomic mass is 19.3. The zero-order valence-corrected chi connectivity index (χ0v) is 16.3. The number of halogens is 3. The van der Waals surface area contributed by atoms with E-state index in [0.29, 0.717) is 43.4 Å². The van der Waals surface area contributed by atoms with Gasteiger partial charge in [-0.25, -0.2) is 18.2 Å². The molecule has 0 bridgehead atoms. The molecular weight excluding hydrogens is 399 g/mol. The molecule has 0 spiro atoms. The lowest BCUT2D eigenvalue weighted by Gasteiger charge is -2.32. The maximum atomic E-state index is 13.3. The number of amides is 1. The van der Waals surface area contributed by atoms with Gasteiger partial charge in [-0.3, -0.25) is 18.8 Å². The first-order chi connectivity index (χ1) is 14.3. The molecule has 1 saturated heterocycles. The Balaban J connectivity index is 1.44. The Labute approximate surface area is 169 Å². The monoisotopic (exact) mass is 419 g/mol. The van der Waals surface area contributed by atoms with Crippen molar-refractivity contribution in [3.05, 3.63) is 58.2 Å². The van der Waals surface area contributed by atoms with Crippen molar-refractivity contribution in [2.75, 3.05) is 13.1 Å². The van der Waals surface area contributed by atoms with Crippen molar-refractivity contribution in [1.82, 2.24) is 24.2 Å². The van der Waals surface area contributed by atoms with Crippen molar-refractivity contribution in [3.63, 3.8) is 0 Å². The molecular formula is C20H20F3N5O2. The van der Waals surface area contributed by atoms with Gasteiger partial charge in [0.1, 0.15) is 11.5 Å². The topological polar surface area (TPSA) is 73.0 Å². The first-order valence-corrected chi connectivity index (χ1v) is 9.59. The van der Waals surface area contributed by atoms with Crippen LogP contribution in [-0.2, 0) is 13.6 Å². The van der Waals surface area contributed by atoms with Crippen molar-refractivity contribution in [2.24, 2.45) is 13.0 Å². The van der Waals surface area contributed by atoms with E-state index in [9.17, 15) is 22.8 Å². The maximum absolute atomic E-state index is 13.3. The average molecular weight is 419 g/mol. The van der Waals surface area contributed by atoms with Gasteiger partial charge < -0.3 is 4.90 Å². The number of benzene rings is 1. The van der Waals surface area contributed by atoms with Crippen molar-refractivity contribution >= 4 is 16.8 Å². The molecule has 1 aliphatic rings. The van der Waals surface area contributed by atoms with Gasteiger partial charge in [0.2, 0.25) is 0 Å². The molecule has 0 unspecified atom stereocenters. The third kappa shape index (κ3) is 3.81. The Kier molecular flexibility index (Phi) is 5.31. The zero-order chi connectivity index (χ0) is 21.4. The molecule has 1 fully saturated rings. The molecule has 0 saturated carbocycles. The van der Waals surface area contributed by atoms with E-state index in [0.717, 1.165) is 0 Å². The summed E-state index contributed by atoms with van der Waals surface area (Å²) >= 11 is 0. The van der Waals surface area contributed by atoms with Gasteiger partial charge in [0, 0.05) is 38.9 Å². The van der Waals surface area contributed by atoms with Crippen LogP contribution in [0.4, 0.5) is 13.2 Å². The standard InChI is InChI=1S/C20H20F3N5O2/c1-26-10-15(17(25-26)18(22)23)20(30)27-6-4-12(5-7-27)9-28-11-24-16-8-13(21)2-3-14(16)19(28)29/h2-3,8,10-12,18H,4-7,9H2,1H3. The fraction of sp³-hybridized carbons (Fsp3) is 0.400. The molecule has 3 aromatic rings. The van der Waals surface area contributed by atoms with Crippen molar-refractivity contribution in [1.29, 1.82) is 0 Å². The smallest absolute Gasteiger partial charge is 0.282 e. The van der Waals surface area contributed by atoms with Gasteiger partial charge in [-0.15, -0.1) is 0 Å². The lowest BCUT2D eigenvalue weighted by atomic mass is 9.96. The van der Waals surface area contributed by atoms with E-state index in [1.165, 1.54) is 47.0 Å². The normalized spacial score (nSPS) is 15.3. The second kappa shape index (κ2) is 7.92. The van der Waals surface area contributed by atoms with Crippen molar-refractivity contribution in [3.8, 4) is 0 Å². The van der Waals surface area contributed by atoms with Crippen molar-refractivity contribution < 1.29 is 18.0 Å². The fourth-order valence-corrected chi connectivity index (χ4v) is 3.86. The molecule has 4 rings (SSSR count). The quantitative estimate of drug-likeness (QED) is 0.652. The summed E-state index contributed by atoms with van der Waals surface area (Å²) in [4.78, 5) is 31.0. The first kappa shape index (κ1) is 20.1. The minimum atomic E-state index is -2.82. The van der Waals surface area contributed by atoms with Crippen LogP contribution >= 0.6 is 0 Å². The summed E-state index contributed by atoms with van der Waals surface area (Å²) in [5.41, 5.74) is -0.513. The number of nitrogens with zero attached hydrogens (tertiary/aromatic N) is 5. The van der Waals surface area contributed by atoms with E-state index < -0.39 is 23.8 Å². The third-order valence-electron chi connectivity index (χ3n) is 5.44. The van der Waals surface area contributed by atoms with Crippen LogP contribution in [0.1, 0.15) is 35.3 Å². The zero-order valence-electron chi connectivity index (χ0n) is 16.3. The largest absolute Gasteiger partial charge is 0.339 e. The van der Waals surface area contributed by atoms with E-state index in [2.05, 4.69) is 10.1 Å². The van der Waals surface area contributed by atoms with Crippen LogP contribution in [-0.4, -0.2) is 43.2 Å². The number of alkyl halides is 2. The molecule has 2 aromatic heterocycles. The second-order valence-electron chi connectivity index (χ2n) is 7.50. The summed E-state index contributed by atoms with van der Waals surface area (Å²) in [6, 6.07) is 3.87. The van der Waals surface area contributed by atoms with Crippen LogP contribution in [0.5, 0.6) is 0 Å². The summed E-state index contributed by atoms with van der Waals surface area (Å²) in [5, 5.41) is 4.04. The first-order valence-electron chi connectivity index (χ1n) is 9.59. The van der Waals surface area contributed by atoms with Gasteiger partial charge in [-0.2, -0.15) is 5.10 Å². The molecule has 10 heteroatoms. The number of carbonyl (C=O) groups excluding carboxylic acids is 1. The minimum absolute atomic E-state index is 0.0758. The Morgan fingerprint density at radius 2 is 2.00 bits per heavy atom.